The zero-order chi connectivity index (χ0) is 18.0. The summed E-state index contributed by atoms with van der Waals surface area (Å²) in [6, 6.07) is 12.3. The number of ether oxygens (including phenoxy) is 1. The summed E-state index contributed by atoms with van der Waals surface area (Å²) < 4.78 is 7.10. The quantitative estimate of drug-likeness (QED) is 0.764. The molecule has 0 aliphatic carbocycles. The van der Waals surface area contributed by atoms with E-state index < -0.39 is 0 Å². The van der Waals surface area contributed by atoms with E-state index >= 15 is 0 Å². The number of hydrogen-bond donors (Lipinski definition) is 1. The Morgan fingerprint density at radius 2 is 1.84 bits per heavy atom. The van der Waals surface area contributed by atoms with Gasteiger partial charge in [-0.2, -0.15) is 9.61 Å². The largest absolute Gasteiger partial charge is 0.497 e. The molecule has 132 valence electrons. The molecule has 5 heteroatoms. The standard InChI is InChI=1S/C20H26N4O/c1-14-12-18(21-11-10-15-6-8-16(25-5)9-7-15)24-19(22-14)13-17(23-24)20(2,3)4/h6-9,12-13,21H,10-11H2,1-5H3. The molecule has 0 fully saturated rings. The van der Waals surface area contributed by atoms with E-state index in [1.807, 2.05) is 29.6 Å². The van der Waals surface area contributed by atoms with Gasteiger partial charge in [0.15, 0.2) is 5.65 Å². The van der Waals surface area contributed by atoms with E-state index in [0.29, 0.717) is 0 Å². The van der Waals surface area contributed by atoms with Crippen LogP contribution in [0.1, 0.15) is 37.7 Å². The monoisotopic (exact) mass is 338 g/mol. The summed E-state index contributed by atoms with van der Waals surface area (Å²) in [6.45, 7) is 9.34. The molecule has 0 amide bonds. The van der Waals surface area contributed by atoms with Gasteiger partial charge in [0.25, 0.3) is 0 Å². The molecule has 0 unspecified atom stereocenters. The fourth-order valence-electron chi connectivity index (χ4n) is 2.72. The summed E-state index contributed by atoms with van der Waals surface area (Å²) in [5, 5.41) is 8.25. The molecule has 0 spiro atoms. The van der Waals surface area contributed by atoms with Crippen molar-refractivity contribution in [2.75, 3.05) is 19.0 Å². The van der Waals surface area contributed by atoms with E-state index in [4.69, 9.17) is 9.84 Å². The molecule has 0 bridgehead atoms. The van der Waals surface area contributed by atoms with Crippen molar-refractivity contribution in [3.8, 4) is 5.75 Å². The number of anilines is 1. The summed E-state index contributed by atoms with van der Waals surface area (Å²) in [5.41, 5.74) is 4.19. The van der Waals surface area contributed by atoms with Crippen molar-refractivity contribution in [2.24, 2.45) is 0 Å². The van der Waals surface area contributed by atoms with Gasteiger partial charge >= 0.3 is 0 Å². The third kappa shape index (κ3) is 3.92. The number of fused-ring (bicyclic) bond motifs is 1. The van der Waals surface area contributed by atoms with Crippen LogP contribution in [0.5, 0.6) is 5.75 Å². The van der Waals surface area contributed by atoms with Crippen LogP contribution in [0.2, 0.25) is 0 Å². The highest BCUT2D eigenvalue weighted by atomic mass is 16.5. The van der Waals surface area contributed by atoms with E-state index in [0.717, 1.165) is 41.6 Å². The van der Waals surface area contributed by atoms with Crippen LogP contribution in [0, 0.1) is 6.92 Å². The summed E-state index contributed by atoms with van der Waals surface area (Å²) in [7, 11) is 1.68. The van der Waals surface area contributed by atoms with Crippen molar-refractivity contribution in [1.29, 1.82) is 0 Å². The van der Waals surface area contributed by atoms with Gasteiger partial charge in [-0.05, 0) is 31.0 Å². The highest BCUT2D eigenvalue weighted by Gasteiger charge is 2.19. The summed E-state index contributed by atoms with van der Waals surface area (Å²) >= 11 is 0. The van der Waals surface area contributed by atoms with Crippen LogP contribution in [0.25, 0.3) is 5.65 Å². The van der Waals surface area contributed by atoms with E-state index in [1.165, 1.54) is 5.56 Å². The Hall–Kier alpha value is -2.56. The predicted octanol–water partition coefficient (Wildman–Crippen LogP) is 4.00. The van der Waals surface area contributed by atoms with Gasteiger partial charge in [0.05, 0.1) is 12.8 Å². The molecule has 0 aliphatic rings. The maximum absolute atomic E-state index is 5.20. The van der Waals surface area contributed by atoms with Crippen molar-refractivity contribution in [2.45, 2.75) is 39.5 Å². The van der Waals surface area contributed by atoms with Crippen molar-refractivity contribution in [3.63, 3.8) is 0 Å². The first kappa shape index (κ1) is 17.3. The van der Waals surface area contributed by atoms with Gasteiger partial charge in [-0.15, -0.1) is 0 Å². The Morgan fingerprint density at radius 1 is 1.12 bits per heavy atom. The normalized spacial score (nSPS) is 11.7. The number of methoxy groups -OCH3 is 1. The molecule has 0 radical (unpaired) electrons. The highest BCUT2D eigenvalue weighted by molar-refractivity contribution is 5.51. The molecule has 3 rings (SSSR count). The van der Waals surface area contributed by atoms with Crippen molar-refractivity contribution < 1.29 is 4.74 Å². The van der Waals surface area contributed by atoms with Crippen molar-refractivity contribution in [1.82, 2.24) is 14.6 Å². The topological polar surface area (TPSA) is 51.5 Å². The average molecular weight is 338 g/mol. The lowest BCUT2D eigenvalue weighted by Gasteiger charge is -2.14. The van der Waals surface area contributed by atoms with Gasteiger partial charge in [-0.25, -0.2) is 4.98 Å². The third-order valence-electron chi connectivity index (χ3n) is 4.20. The van der Waals surface area contributed by atoms with Crippen LogP contribution in [-0.4, -0.2) is 28.3 Å². The van der Waals surface area contributed by atoms with E-state index in [9.17, 15) is 0 Å². The first-order chi connectivity index (χ1) is 11.9. The van der Waals surface area contributed by atoms with Crippen molar-refractivity contribution in [3.05, 3.63) is 53.3 Å². The Balaban J connectivity index is 1.77. The lowest BCUT2D eigenvalue weighted by atomic mass is 9.93. The molecular formula is C20H26N4O. The second-order valence-electron chi connectivity index (χ2n) is 7.36. The SMILES string of the molecule is COc1ccc(CCNc2cc(C)nc3cc(C(C)(C)C)nn23)cc1. The average Bonchev–Trinajstić information content (AvgIpc) is 2.99. The third-order valence-corrected chi connectivity index (χ3v) is 4.20. The maximum Gasteiger partial charge on any atom is 0.157 e. The fraction of sp³-hybridized carbons (Fsp3) is 0.400. The summed E-state index contributed by atoms with van der Waals surface area (Å²) in [5.74, 6) is 1.86. The first-order valence-electron chi connectivity index (χ1n) is 8.61. The minimum absolute atomic E-state index is 0.00195. The Bertz CT molecular complexity index is 860. The molecule has 2 aromatic heterocycles. The predicted molar refractivity (Wildman–Crippen MR) is 102 cm³/mol. The van der Waals surface area contributed by atoms with Crippen LogP contribution < -0.4 is 10.1 Å². The Labute approximate surface area is 149 Å². The van der Waals surface area contributed by atoms with E-state index in [-0.39, 0.29) is 5.41 Å². The number of rotatable bonds is 5. The minimum atomic E-state index is 0.00195. The van der Waals surface area contributed by atoms with Crippen LogP contribution in [0.4, 0.5) is 5.82 Å². The highest BCUT2D eigenvalue weighted by Crippen LogP contribution is 2.23. The second-order valence-corrected chi connectivity index (χ2v) is 7.36. The number of aryl methyl sites for hydroxylation is 1. The van der Waals surface area contributed by atoms with Crippen LogP contribution >= 0.6 is 0 Å². The molecule has 1 N–H and O–H groups in total. The van der Waals surface area contributed by atoms with Crippen LogP contribution in [-0.2, 0) is 11.8 Å². The lowest BCUT2D eigenvalue weighted by molar-refractivity contribution is 0.414. The first-order valence-corrected chi connectivity index (χ1v) is 8.61. The molecule has 25 heavy (non-hydrogen) atoms. The summed E-state index contributed by atoms with van der Waals surface area (Å²) in [4.78, 5) is 4.60. The minimum Gasteiger partial charge on any atom is -0.497 e. The number of nitrogens with one attached hydrogen (secondary N) is 1. The number of hydrogen-bond acceptors (Lipinski definition) is 4. The molecule has 0 atom stereocenters. The zero-order valence-electron chi connectivity index (χ0n) is 15.6. The Morgan fingerprint density at radius 3 is 2.48 bits per heavy atom. The van der Waals surface area contributed by atoms with Crippen LogP contribution in [0.3, 0.4) is 0 Å². The number of aromatic nitrogens is 3. The number of benzene rings is 1. The van der Waals surface area contributed by atoms with Gasteiger partial charge in [-0.3, -0.25) is 0 Å². The Kier molecular flexibility index (Phi) is 4.66. The second kappa shape index (κ2) is 6.75. The lowest BCUT2D eigenvalue weighted by Crippen LogP contribution is -2.13. The van der Waals surface area contributed by atoms with E-state index in [1.54, 1.807) is 7.11 Å². The van der Waals surface area contributed by atoms with Gasteiger partial charge in [-0.1, -0.05) is 32.9 Å². The fourth-order valence-corrected chi connectivity index (χ4v) is 2.72. The van der Waals surface area contributed by atoms with E-state index in [2.05, 4.69) is 49.3 Å². The molecule has 0 saturated carbocycles. The number of nitrogens with zero attached hydrogens (tertiary/aromatic N) is 3. The smallest absolute Gasteiger partial charge is 0.157 e. The van der Waals surface area contributed by atoms with Gasteiger partial charge < -0.3 is 10.1 Å². The van der Waals surface area contributed by atoms with Crippen molar-refractivity contribution >= 4 is 11.5 Å². The molecule has 0 aliphatic heterocycles. The molecule has 0 saturated heterocycles. The van der Waals surface area contributed by atoms with Gasteiger partial charge in [0.2, 0.25) is 0 Å². The molecular weight excluding hydrogens is 312 g/mol. The van der Waals surface area contributed by atoms with Crippen LogP contribution in [0.15, 0.2) is 36.4 Å². The molecule has 5 nitrogen and oxygen atoms in total. The maximum atomic E-state index is 5.20. The summed E-state index contributed by atoms with van der Waals surface area (Å²) in [6.07, 6.45) is 0.931. The van der Waals surface area contributed by atoms with Gasteiger partial charge in [0, 0.05) is 29.8 Å². The molecule has 3 aromatic rings. The molecule has 2 heterocycles. The molecule has 1 aromatic carbocycles. The van der Waals surface area contributed by atoms with Gasteiger partial charge in [0.1, 0.15) is 11.6 Å². The zero-order valence-corrected chi connectivity index (χ0v) is 15.6.